The maximum Gasteiger partial charge on any atom is 0.248 e. The highest BCUT2D eigenvalue weighted by molar-refractivity contribution is 6.31. The van der Waals surface area contributed by atoms with Gasteiger partial charge in [0.2, 0.25) is 11.5 Å². The van der Waals surface area contributed by atoms with Crippen LogP contribution in [0.5, 0.6) is 0 Å². The molecule has 9 heteroatoms. The minimum absolute atomic E-state index is 0.0651. The van der Waals surface area contributed by atoms with Crippen LogP contribution in [0.15, 0.2) is 47.3 Å². The summed E-state index contributed by atoms with van der Waals surface area (Å²) in [6.07, 6.45) is 0. The number of aromatic amines is 1. The van der Waals surface area contributed by atoms with Gasteiger partial charge in [-0.3, -0.25) is 9.59 Å². The molecular formula is C21H19ClF2N4O2. The summed E-state index contributed by atoms with van der Waals surface area (Å²) < 4.78 is 27.4. The molecule has 0 unspecified atom stereocenters. The number of hydrogen-bond acceptors (Lipinski definition) is 4. The molecule has 2 N–H and O–H groups in total. The number of rotatable bonds is 4. The first kappa shape index (κ1) is 20.2. The average Bonchev–Trinajstić information content (AvgIpc) is 2.75. The van der Waals surface area contributed by atoms with Crippen LogP contribution in [0.4, 0.5) is 20.2 Å². The van der Waals surface area contributed by atoms with Gasteiger partial charge < -0.3 is 20.1 Å². The van der Waals surface area contributed by atoms with E-state index < -0.39 is 16.7 Å². The van der Waals surface area contributed by atoms with Crippen LogP contribution < -0.4 is 15.8 Å². The van der Waals surface area contributed by atoms with Crippen molar-refractivity contribution >= 4 is 39.8 Å². The summed E-state index contributed by atoms with van der Waals surface area (Å²) >= 11 is 5.53. The number of carbonyl (C=O) groups excluding carboxylic acids is 1. The van der Waals surface area contributed by atoms with E-state index >= 15 is 0 Å². The van der Waals surface area contributed by atoms with Crippen LogP contribution in [0.2, 0.25) is 5.02 Å². The van der Waals surface area contributed by atoms with Gasteiger partial charge in [-0.1, -0.05) is 11.6 Å². The number of benzene rings is 2. The number of carbonyl (C=O) groups is 1. The zero-order valence-corrected chi connectivity index (χ0v) is 16.7. The van der Waals surface area contributed by atoms with E-state index in [0.29, 0.717) is 31.9 Å². The molecule has 1 saturated heterocycles. The third kappa shape index (κ3) is 4.23. The number of fused-ring (bicyclic) bond motifs is 1. The number of nitrogens with zero attached hydrogens (tertiary/aromatic N) is 2. The Kier molecular flexibility index (Phi) is 5.59. The van der Waals surface area contributed by atoms with Gasteiger partial charge in [-0.2, -0.15) is 0 Å². The monoisotopic (exact) mass is 432 g/mol. The van der Waals surface area contributed by atoms with Crippen LogP contribution in [0.1, 0.15) is 0 Å². The summed E-state index contributed by atoms with van der Waals surface area (Å²) in [7, 11) is 0. The van der Waals surface area contributed by atoms with E-state index in [1.54, 1.807) is 23.1 Å². The van der Waals surface area contributed by atoms with Gasteiger partial charge in [0.15, 0.2) is 0 Å². The molecule has 4 rings (SSSR count). The molecule has 2 heterocycles. The van der Waals surface area contributed by atoms with Crippen LogP contribution in [-0.4, -0.2) is 48.5 Å². The first-order valence-electron chi connectivity index (χ1n) is 9.45. The van der Waals surface area contributed by atoms with Crippen LogP contribution in [0.3, 0.4) is 0 Å². The first-order valence-corrected chi connectivity index (χ1v) is 9.83. The van der Waals surface area contributed by atoms with Crippen LogP contribution in [-0.2, 0) is 4.79 Å². The standard InChI is InChI=1S/C21H19ClF2N4O2/c22-21-16(23)10-15(11-17(21)24)27-5-7-28(8-6-27)20(30)12-25-14-2-3-18-13(9-14)1-4-19(29)26-18/h1-4,9-11,25H,5-8,12H2,(H,26,29). The summed E-state index contributed by atoms with van der Waals surface area (Å²) in [6, 6.07) is 11.0. The minimum atomic E-state index is -0.797. The number of aromatic nitrogens is 1. The highest BCUT2D eigenvalue weighted by Gasteiger charge is 2.22. The van der Waals surface area contributed by atoms with Gasteiger partial charge in [0.25, 0.3) is 0 Å². The van der Waals surface area contributed by atoms with Gasteiger partial charge in [-0.15, -0.1) is 0 Å². The second kappa shape index (κ2) is 8.31. The zero-order chi connectivity index (χ0) is 21.3. The lowest BCUT2D eigenvalue weighted by Crippen LogP contribution is -2.50. The molecule has 1 aliphatic rings. The lowest BCUT2D eigenvalue weighted by atomic mass is 10.2. The molecule has 156 valence electrons. The maximum atomic E-state index is 13.7. The Bertz CT molecular complexity index is 1140. The fourth-order valence-corrected chi connectivity index (χ4v) is 3.60. The Morgan fingerprint density at radius 1 is 1.03 bits per heavy atom. The number of halogens is 3. The smallest absolute Gasteiger partial charge is 0.248 e. The van der Waals surface area contributed by atoms with E-state index in [1.807, 2.05) is 11.0 Å². The van der Waals surface area contributed by atoms with E-state index in [4.69, 9.17) is 11.6 Å². The number of pyridine rings is 1. The maximum absolute atomic E-state index is 13.7. The van der Waals surface area contributed by atoms with E-state index in [9.17, 15) is 18.4 Å². The van der Waals surface area contributed by atoms with E-state index in [1.165, 1.54) is 18.2 Å². The Labute approximate surface area is 176 Å². The number of hydrogen-bond donors (Lipinski definition) is 2. The molecule has 1 fully saturated rings. The molecule has 1 aromatic heterocycles. The molecule has 1 aliphatic heterocycles. The van der Waals surface area contributed by atoms with E-state index in [0.717, 1.165) is 16.6 Å². The predicted molar refractivity (Wildman–Crippen MR) is 113 cm³/mol. The highest BCUT2D eigenvalue weighted by atomic mass is 35.5. The van der Waals surface area contributed by atoms with Gasteiger partial charge >= 0.3 is 0 Å². The molecule has 0 atom stereocenters. The van der Waals surface area contributed by atoms with Crippen LogP contribution in [0, 0.1) is 11.6 Å². The van der Waals surface area contributed by atoms with E-state index in [-0.39, 0.29) is 18.0 Å². The zero-order valence-electron chi connectivity index (χ0n) is 15.9. The summed E-state index contributed by atoms with van der Waals surface area (Å²) in [5.74, 6) is -1.66. The number of nitrogens with one attached hydrogen (secondary N) is 2. The molecule has 30 heavy (non-hydrogen) atoms. The SMILES string of the molecule is O=C(CNc1ccc2[nH]c(=O)ccc2c1)N1CCN(c2cc(F)c(Cl)c(F)c2)CC1. The van der Waals surface area contributed by atoms with Crippen molar-refractivity contribution < 1.29 is 13.6 Å². The van der Waals surface area contributed by atoms with Crippen molar-refractivity contribution in [1.29, 1.82) is 0 Å². The molecule has 1 amide bonds. The Morgan fingerprint density at radius 3 is 2.43 bits per heavy atom. The highest BCUT2D eigenvalue weighted by Crippen LogP contribution is 2.26. The summed E-state index contributed by atoms with van der Waals surface area (Å²) in [5, 5.41) is 3.45. The molecule has 0 saturated carbocycles. The topological polar surface area (TPSA) is 68.4 Å². The van der Waals surface area contributed by atoms with E-state index in [2.05, 4.69) is 10.3 Å². The molecule has 3 aromatic rings. The lowest BCUT2D eigenvalue weighted by Gasteiger charge is -2.36. The third-order valence-corrected chi connectivity index (χ3v) is 5.49. The first-order chi connectivity index (χ1) is 14.4. The Hall–Kier alpha value is -3.13. The Balaban J connectivity index is 1.33. The van der Waals surface area contributed by atoms with Crippen LogP contribution in [0.25, 0.3) is 10.9 Å². The van der Waals surface area contributed by atoms with Gasteiger partial charge in [0.05, 0.1) is 6.54 Å². The molecule has 0 bridgehead atoms. The fourth-order valence-electron chi connectivity index (χ4n) is 3.49. The number of anilines is 2. The normalized spacial score (nSPS) is 14.2. The Morgan fingerprint density at radius 2 is 1.73 bits per heavy atom. The largest absolute Gasteiger partial charge is 0.376 e. The molecule has 0 spiro atoms. The van der Waals surface area contributed by atoms with Crippen LogP contribution >= 0.6 is 11.6 Å². The van der Waals surface area contributed by atoms with Crippen molar-refractivity contribution in [2.45, 2.75) is 0 Å². The van der Waals surface area contributed by atoms with Crippen molar-refractivity contribution in [1.82, 2.24) is 9.88 Å². The molecular weight excluding hydrogens is 414 g/mol. The predicted octanol–water partition coefficient (Wildman–Crippen LogP) is 3.22. The second-order valence-corrected chi connectivity index (χ2v) is 7.45. The molecule has 0 radical (unpaired) electrons. The van der Waals surface area contributed by atoms with Gasteiger partial charge in [-0.25, -0.2) is 8.78 Å². The fraction of sp³-hybridized carbons (Fsp3) is 0.238. The molecule has 2 aromatic carbocycles. The minimum Gasteiger partial charge on any atom is -0.376 e. The summed E-state index contributed by atoms with van der Waals surface area (Å²) in [4.78, 5) is 30.2. The van der Waals surface area contributed by atoms with Gasteiger partial charge in [-0.05, 0) is 36.4 Å². The molecule has 6 nitrogen and oxygen atoms in total. The van der Waals surface area contributed by atoms with Crippen molar-refractivity contribution in [2.24, 2.45) is 0 Å². The number of piperazine rings is 1. The third-order valence-electron chi connectivity index (χ3n) is 5.13. The summed E-state index contributed by atoms with van der Waals surface area (Å²) in [5.41, 5.74) is 1.75. The second-order valence-electron chi connectivity index (χ2n) is 7.07. The van der Waals surface area contributed by atoms with Gasteiger partial charge in [0.1, 0.15) is 16.7 Å². The number of H-pyrrole nitrogens is 1. The summed E-state index contributed by atoms with van der Waals surface area (Å²) in [6.45, 7) is 1.96. The number of amides is 1. The average molecular weight is 433 g/mol. The van der Waals surface area contributed by atoms with Crippen molar-refractivity contribution in [3.63, 3.8) is 0 Å². The van der Waals surface area contributed by atoms with Crippen molar-refractivity contribution in [3.8, 4) is 0 Å². The lowest BCUT2D eigenvalue weighted by molar-refractivity contribution is -0.129. The molecule has 0 aliphatic carbocycles. The van der Waals surface area contributed by atoms with Crippen molar-refractivity contribution in [2.75, 3.05) is 42.9 Å². The van der Waals surface area contributed by atoms with Crippen molar-refractivity contribution in [3.05, 3.63) is 69.5 Å². The van der Waals surface area contributed by atoms with Gasteiger partial charge in [0, 0.05) is 54.5 Å². The quantitative estimate of drug-likeness (QED) is 0.621.